The molecule has 7 nitrogen and oxygen atoms in total. The predicted molar refractivity (Wildman–Crippen MR) is 99.5 cm³/mol. The number of anilines is 2. The van der Waals surface area contributed by atoms with Crippen LogP contribution in [0.1, 0.15) is 31.7 Å². The van der Waals surface area contributed by atoms with Crippen molar-refractivity contribution in [1.82, 2.24) is 25.2 Å². The molecule has 0 bridgehead atoms. The molecule has 0 saturated heterocycles. The van der Waals surface area contributed by atoms with Gasteiger partial charge in [-0.2, -0.15) is 5.10 Å². The Kier molecular flexibility index (Phi) is 3.43. The Morgan fingerprint density at radius 2 is 2.12 bits per heavy atom. The van der Waals surface area contributed by atoms with Gasteiger partial charge in [0.05, 0.1) is 23.0 Å². The summed E-state index contributed by atoms with van der Waals surface area (Å²) in [6, 6.07) is 3.89. The van der Waals surface area contributed by atoms with E-state index in [0.717, 1.165) is 53.1 Å². The van der Waals surface area contributed by atoms with Gasteiger partial charge in [-0.05, 0) is 44.4 Å². The van der Waals surface area contributed by atoms with Gasteiger partial charge in [-0.3, -0.25) is 15.3 Å². The molecular formula is C19H20N6O. The Morgan fingerprint density at radius 1 is 1.27 bits per heavy atom. The minimum absolute atomic E-state index is 0.147. The van der Waals surface area contributed by atoms with Crippen LogP contribution >= 0.6 is 0 Å². The zero-order chi connectivity index (χ0) is 17.6. The summed E-state index contributed by atoms with van der Waals surface area (Å²) in [4.78, 5) is 14.6. The van der Waals surface area contributed by atoms with Gasteiger partial charge in [0.1, 0.15) is 5.60 Å². The number of nitrogens with zero attached hydrogens (tertiary/aromatic N) is 4. The lowest BCUT2D eigenvalue weighted by molar-refractivity contribution is -0.0821. The van der Waals surface area contributed by atoms with Gasteiger partial charge in [0.15, 0.2) is 5.65 Å². The van der Waals surface area contributed by atoms with E-state index in [0.29, 0.717) is 0 Å². The molecule has 4 heterocycles. The highest BCUT2D eigenvalue weighted by atomic mass is 16.7. The molecule has 1 saturated carbocycles. The number of rotatable bonds is 4. The van der Waals surface area contributed by atoms with Crippen LogP contribution in [0.3, 0.4) is 0 Å². The molecule has 1 aliphatic carbocycles. The SMILES string of the molecule is CCn1ncc2c(Nc3ccncc3)c(C3=CC4(CCC4)ON3)cnc21. The molecule has 2 aliphatic rings. The van der Waals surface area contributed by atoms with Gasteiger partial charge in [-0.15, -0.1) is 0 Å². The molecule has 0 amide bonds. The summed E-state index contributed by atoms with van der Waals surface area (Å²) in [5.41, 5.74) is 7.72. The van der Waals surface area contributed by atoms with Gasteiger partial charge in [0.25, 0.3) is 0 Å². The van der Waals surface area contributed by atoms with Crippen LogP contribution in [-0.2, 0) is 11.4 Å². The van der Waals surface area contributed by atoms with Crippen molar-refractivity contribution in [3.8, 4) is 0 Å². The van der Waals surface area contributed by atoms with E-state index < -0.39 is 0 Å². The first-order valence-electron chi connectivity index (χ1n) is 8.97. The highest BCUT2D eigenvalue weighted by Gasteiger charge is 2.41. The number of hydrogen-bond donors (Lipinski definition) is 2. The van der Waals surface area contributed by atoms with Gasteiger partial charge in [-0.1, -0.05) is 0 Å². The van der Waals surface area contributed by atoms with E-state index in [1.54, 1.807) is 12.4 Å². The van der Waals surface area contributed by atoms with Crippen LogP contribution in [-0.4, -0.2) is 25.3 Å². The summed E-state index contributed by atoms with van der Waals surface area (Å²) >= 11 is 0. The summed E-state index contributed by atoms with van der Waals surface area (Å²) in [5, 5.41) is 8.98. The van der Waals surface area contributed by atoms with Gasteiger partial charge in [0.2, 0.25) is 0 Å². The zero-order valence-corrected chi connectivity index (χ0v) is 14.6. The fourth-order valence-electron chi connectivity index (χ4n) is 3.56. The maximum atomic E-state index is 5.86. The lowest BCUT2D eigenvalue weighted by Gasteiger charge is -2.33. The number of nitrogens with one attached hydrogen (secondary N) is 2. The number of hydrogen-bond acceptors (Lipinski definition) is 6. The second kappa shape index (κ2) is 5.81. The fourth-order valence-corrected chi connectivity index (χ4v) is 3.56. The molecule has 7 heteroatoms. The maximum Gasteiger partial charge on any atom is 0.159 e. The largest absolute Gasteiger partial charge is 0.354 e. The van der Waals surface area contributed by atoms with Gasteiger partial charge in [0, 0.05) is 36.4 Å². The smallest absolute Gasteiger partial charge is 0.159 e. The van der Waals surface area contributed by atoms with Crippen LogP contribution in [0.2, 0.25) is 0 Å². The van der Waals surface area contributed by atoms with Crippen molar-refractivity contribution in [2.24, 2.45) is 0 Å². The lowest BCUT2D eigenvalue weighted by Crippen LogP contribution is -2.36. The van der Waals surface area contributed by atoms with Crippen LogP contribution in [0.5, 0.6) is 0 Å². The first-order valence-corrected chi connectivity index (χ1v) is 8.97. The number of pyridine rings is 2. The number of aromatic nitrogens is 4. The summed E-state index contributed by atoms with van der Waals surface area (Å²) in [6.45, 7) is 2.84. The molecule has 26 heavy (non-hydrogen) atoms. The van der Waals surface area contributed by atoms with Crippen LogP contribution < -0.4 is 10.8 Å². The molecule has 132 valence electrons. The third-order valence-corrected chi connectivity index (χ3v) is 5.18. The quantitative estimate of drug-likeness (QED) is 0.753. The standard InChI is InChI=1S/C19H20N6O/c1-2-25-18-15(12-22-25)17(23-13-4-8-20-9-5-13)14(11-21-18)16-10-19(26-24-16)6-3-7-19/h4-5,8-12,24H,2-3,6-7H2,1H3,(H,20,21,23). The predicted octanol–water partition coefficient (Wildman–Crippen LogP) is 3.39. The van der Waals surface area contributed by atoms with Crippen LogP contribution in [0.15, 0.2) is 43.0 Å². The van der Waals surface area contributed by atoms with Crippen molar-refractivity contribution in [1.29, 1.82) is 0 Å². The molecule has 2 N–H and O–H groups in total. The minimum atomic E-state index is -0.147. The van der Waals surface area contributed by atoms with Gasteiger partial charge < -0.3 is 5.32 Å². The van der Waals surface area contributed by atoms with Crippen molar-refractivity contribution in [2.45, 2.75) is 38.3 Å². The Balaban J connectivity index is 1.65. The minimum Gasteiger partial charge on any atom is -0.354 e. The highest BCUT2D eigenvalue weighted by molar-refractivity contribution is 5.97. The third kappa shape index (κ3) is 2.35. The molecule has 0 unspecified atom stereocenters. The second-order valence-corrected chi connectivity index (χ2v) is 6.79. The Hall–Kier alpha value is -2.93. The third-order valence-electron chi connectivity index (χ3n) is 5.18. The topological polar surface area (TPSA) is 76.9 Å². The van der Waals surface area contributed by atoms with Crippen molar-refractivity contribution in [2.75, 3.05) is 5.32 Å². The van der Waals surface area contributed by atoms with E-state index >= 15 is 0 Å². The summed E-state index contributed by atoms with van der Waals surface area (Å²) in [7, 11) is 0. The number of aryl methyl sites for hydroxylation is 1. The van der Waals surface area contributed by atoms with Crippen LogP contribution in [0.25, 0.3) is 16.7 Å². The molecule has 1 fully saturated rings. The first kappa shape index (κ1) is 15.3. The molecule has 0 atom stereocenters. The van der Waals surface area contributed by atoms with Crippen molar-refractivity contribution >= 4 is 28.1 Å². The molecule has 0 radical (unpaired) electrons. The lowest BCUT2D eigenvalue weighted by atomic mass is 9.80. The Bertz CT molecular complexity index is 990. The van der Waals surface area contributed by atoms with E-state index in [1.807, 2.05) is 29.2 Å². The molecule has 5 rings (SSSR count). The molecule has 1 spiro atoms. The van der Waals surface area contributed by atoms with Crippen LogP contribution in [0, 0.1) is 0 Å². The van der Waals surface area contributed by atoms with Gasteiger partial charge in [-0.25, -0.2) is 9.67 Å². The zero-order valence-electron chi connectivity index (χ0n) is 14.6. The van der Waals surface area contributed by atoms with E-state index in [1.165, 1.54) is 6.42 Å². The van der Waals surface area contributed by atoms with E-state index in [-0.39, 0.29) is 5.60 Å². The number of hydroxylamine groups is 1. The Labute approximate surface area is 151 Å². The van der Waals surface area contributed by atoms with Crippen molar-refractivity contribution in [3.63, 3.8) is 0 Å². The fraction of sp³-hybridized carbons (Fsp3) is 0.316. The molecule has 1 aliphatic heterocycles. The maximum absolute atomic E-state index is 5.86. The molecular weight excluding hydrogens is 328 g/mol. The first-order chi connectivity index (χ1) is 12.8. The van der Waals surface area contributed by atoms with Crippen molar-refractivity contribution in [3.05, 3.63) is 48.6 Å². The molecule has 3 aromatic heterocycles. The normalized spacial score (nSPS) is 17.8. The van der Waals surface area contributed by atoms with E-state index in [9.17, 15) is 0 Å². The Morgan fingerprint density at radius 3 is 2.81 bits per heavy atom. The van der Waals surface area contributed by atoms with Crippen LogP contribution in [0.4, 0.5) is 11.4 Å². The second-order valence-electron chi connectivity index (χ2n) is 6.79. The van der Waals surface area contributed by atoms with Gasteiger partial charge >= 0.3 is 0 Å². The summed E-state index contributed by atoms with van der Waals surface area (Å²) in [5.74, 6) is 0. The average molecular weight is 348 g/mol. The number of fused-ring (bicyclic) bond motifs is 1. The van der Waals surface area contributed by atoms with Crippen molar-refractivity contribution < 1.29 is 4.84 Å². The summed E-state index contributed by atoms with van der Waals surface area (Å²) < 4.78 is 1.90. The summed E-state index contributed by atoms with van der Waals surface area (Å²) in [6.07, 6.45) is 12.8. The molecule has 3 aromatic rings. The molecule has 0 aromatic carbocycles. The average Bonchev–Trinajstić information content (AvgIpc) is 3.27. The highest BCUT2D eigenvalue weighted by Crippen LogP contribution is 2.43. The monoisotopic (exact) mass is 348 g/mol. The van der Waals surface area contributed by atoms with E-state index in [2.05, 4.69) is 38.9 Å². The van der Waals surface area contributed by atoms with E-state index in [4.69, 9.17) is 4.84 Å².